The van der Waals surface area contributed by atoms with E-state index in [-0.39, 0.29) is 11.3 Å². The van der Waals surface area contributed by atoms with Crippen molar-refractivity contribution in [3.05, 3.63) is 29.1 Å². The number of phenols is 1. The van der Waals surface area contributed by atoms with Crippen molar-refractivity contribution in [1.82, 2.24) is 0 Å². The van der Waals surface area contributed by atoms with Crippen molar-refractivity contribution in [2.75, 3.05) is 0 Å². The Balaban J connectivity index is 3.22. The molecule has 3 N–H and O–H groups in total. The highest BCUT2D eigenvalue weighted by atomic mass is 19.1. The van der Waals surface area contributed by atoms with Gasteiger partial charge in [-0.05, 0) is 24.6 Å². The molecule has 0 fully saturated rings. The Bertz CT molecular complexity index is 375. The minimum atomic E-state index is -1.96. The molecule has 1 atom stereocenters. The lowest BCUT2D eigenvalue weighted by Crippen LogP contribution is -2.12. The monoisotopic (exact) mass is 200 g/mol. The number of aliphatic hydroxyl groups excluding tert-OH is 1. The van der Waals surface area contributed by atoms with Gasteiger partial charge in [-0.15, -0.1) is 0 Å². The molecule has 14 heavy (non-hydrogen) atoms. The van der Waals surface area contributed by atoms with Gasteiger partial charge >= 0.3 is 5.97 Å². The second-order valence-electron chi connectivity index (χ2n) is 2.90. The highest BCUT2D eigenvalue weighted by molar-refractivity contribution is 5.74. The van der Waals surface area contributed by atoms with Crippen LogP contribution in [-0.2, 0) is 4.79 Å². The van der Waals surface area contributed by atoms with Crippen LogP contribution in [0.15, 0.2) is 12.1 Å². The standard InChI is InChI=1S/C9H9FO4/c1-4-2-6(10)5(3-7(4)11)8(12)9(13)14/h2-3,8,11-12H,1H3,(H,13,14). The number of hydrogen-bond donors (Lipinski definition) is 3. The Morgan fingerprint density at radius 1 is 1.50 bits per heavy atom. The van der Waals surface area contributed by atoms with Crippen LogP contribution in [0, 0.1) is 12.7 Å². The van der Waals surface area contributed by atoms with Gasteiger partial charge in [-0.2, -0.15) is 0 Å². The van der Waals surface area contributed by atoms with Crippen LogP contribution in [0.1, 0.15) is 17.2 Å². The van der Waals surface area contributed by atoms with Crippen LogP contribution in [0.4, 0.5) is 4.39 Å². The molecule has 0 amide bonds. The lowest BCUT2D eigenvalue weighted by atomic mass is 10.1. The fourth-order valence-electron chi connectivity index (χ4n) is 1.02. The van der Waals surface area contributed by atoms with Gasteiger partial charge in [0.15, 0.2) is 6.10 Å². The number of halogens is 1. The summed E-state index contributed by atoms with van der Waals surface area (Å²) in [6.07, 6.45) is -1.96. The molecular formula is C9H9FO4. The van der Waals surface area contributed by atoms with Crippen LogP contribution >= 0.6 is 0 Å². The highest BCUT2D eigenvalue weighted by Crippen LogP contribution is 2.25. The first-order valence-electron chi connectivity index (χ1n) is 3.83. The maximum atomic E-state index is 13.1. The Kier molecular flexibility index (Phi) is 2.71. The van der Waals surface area contributed by atoms with Gasteiger partial charge in [-0.1, -0.05) is 0 Å². The summed E-state index contributed by atoms with van der Waals surface area (Å²) in [5, 5.41) is 26.6. The number of aliphatic hydroxyl groups is 1. The second kappa shape index (κ2) is 3.63. The first-order chi connectivity index (χ1) is 6.43. The fourth-order valence-corrected chi connectivity index (χ4v) is 1.02. The van der Waals surface area contributed by atoms with Crippen LogP contribution in [-0.4, -0.2) is 21.3 Å². The molecular weight excluding hydrogens is 191 g/mol. The number of carbonyl (C=O) groups is 1. The van der Waals surface area contributed by atoms with Gasteiger partial charge in [0.05, 0.1) is 0 Å². The van der Waals surface area contributed by atoms with E-state index < -0.39 is 23.5 Å². The van der Waals surface area contributed by atoms with Crippen molar-refractivity contribution in [3.63, 3.8) is 0 Å². The maximum absolute atomic E-state index is 13.1. The zero-order valence-corrected chi connectivity index (χ0v) is 7.36. The fraction of sp³-hybridized carbons (Fsp3) is 0.222. The average molecular weight is 200 g/mol. The molecule has 0 aliphatic heterocycles. The third-order valence-electron chi connectivity index (χ3n) is 1.84. The average Bonchev–Trinajstić information content (AvgIpc) is 2.10. The Morgan fingerprint density at radius 2 is 2.07 bits per heavy atom. The lowest BCUT2D eigenvalue weighted by molar-refractivity contribution is -0.147. The molecule has 0 aromatic heterocycles. The van der Waals surface area contributed by atoms with E-state index in [0.717, 1.165) is 12.1 Å². The number of benzene rings is 1. The predicted octanol–water partition coefficient (Wildman–Crippen LogP) is 0.958. The van der Waals surface area contributed by atoms with Crippen molar-refractivity contribution in [2.45, 2.75) is 13.0 Å². The number of rotatable bonds is 2. The van der Waals surface area contributed by atoms with Gasteiger partial charge in [0.2, 0.25) is 0 Å². The van der Waals surface area contributed by atoms with Gasteiger partial charge in [-0.25, -0.2) is 9.18 Å². The maximum Gasteiger partial charge on any atom is 0.337 e. The van der Waals surface area contributed by atoms with Gasteiger partial charge in [-0.3, -0.25) is 0 Å². The minimum absolute atomic E-state index is 0.248. The third-order valence-corrected chi connectivity index (χ3v) is 1.84. The SMILES string of the molecule is Cc1cc(F)c(C(O)C(=O)O)cc1O. The summed E-state index contributed by atoms with van der Waals surface area (Å²) in [5.74, 6) is -2.66. The summed E-state index contributed by atoms with van der Waals surface area (Å²) in [6, 6.07) is 1.88. The van der Waals surface area contributed by atoms with Gasteiger partial charge in [0.25, 0.3) is 0 Å². The van der Waals surface area contributed by atoms with Gasteiger partial charge in [0.1, 0.15) is 11.6 Å². The van der Waals surface area contributed by atoms with Crippen LogP contribution in [0.25, 0.3) is 0 Å². The first-order valence-corrected chi connectivity index (χ1v) is 3.83. The molecule has 1 unspecified atom stereocenters. The molecule has 1 aromatic carbocycles. The normalized spacial score (nSPS) is 12.5. The van der Waals surface area contributed by atoms with E-state index in [1.807, 2.05) is 0 Å². The molecule has 1 aromatic rings. The van der Waals surface area contributed by atoms with E-state index in [4.69, 9.17) is 10.2 Å². The quantitative estimate of drug-likeness (QED) is 0.664. The predicted molar refractivity (Wildman–Crippen MR) is 45.4 cm³/mol. The van der Waals surface area contributed by atoms with E-state index >= 15 is 0 Å². The van der Waals surface area contributed by atoms with Gasteiger partial charge < -0.3 is 15.3 Å². The van der Waals surface area contributed by atoms with Crippen LogP contribution in [0.5, 0.6) is 5.75 Å². The molecule has 0 heterocycles. The van der Waals surface area contributed by atoms with Crippen molar-refractivity contribution in [3.8, 4) is 5.75 Å². The Morgan fingerprint density at radius 3 is 2.57 bits per heavy atom. The summed E-state index contributed by atoms with van der Waals surface area (Å²) < 4.78 is 13.1. The molecule has 0 radical (unpaired) electrons. The summed E-state index contributed by atoms with van der Waals surface area (Å²) in [7, 11) is 0. The number of aliphatic carboxylic acids is 1. The summed E-state index contributed by atoms with van der Waals surface area (Å²) >= 11 is 0. The molecule has 0 aliphatic rings. The number of aromatic hydroxyl groups is 1. The van der Waals surface area contributed by atoms with E-state index in [1.165, 1.54) is 6.92 Å². The number of phenolic OH excluding ortho intramolecular Hbond substituents is 1. The topological polar surface area (TPSA) is 77.8 Å². The van der Waals surface area contributed by atoms with Crippen molar-refractivity contribution >= 4 is 5.97 Å². The summed E-state index contributed by atoms with van der Waals surface area (Å²) in [6.45, 7) is 1.47. The molecule has 0 saturated heterocycles. The van der Waals surface area contributed by atoms with Crippen LogP contribution < -0.4 is 0 Å². The Hall–Kier alpha value is -1.62. The van der Waals surface area contributed by atoms with Crippen molar-refractivity contribution < 1.29 is 24.5 Å². The molecule has 1 rings (SSSR count). The van der Waals surface area contributed by atoms with E-state index in [9.17, 15) is 14.3 Å². The summed E-state index contributed by atoms with van der Waals surface area (Å²) in [5.41, 5.74) is -0.163. The molecule has 5 heteroatoms. The first kappa shape index (κ1) is 10.5. The molecule has 0 saturated carbocycles. The van der Waals surface area contributed by atoms with E-state index in [0.29, 0.717) is 0 Å². The number of carboxylic acid groups (broad SMARTS) is 1. The van der Waals surface area contributed by atoms with Crippen LogP contribution in [0.3, 0.4) is 0 Å². The smallest absolute Gasteiger partial charge is 0.337 e. The lowest BCUT2D eigenvalue weighted by Gasteiger charge is -2.08. The zero-order valence-electron chi connectivity index (χ0n) is 7.36. The number of aryl methyl sites for hydroxylation is 1. The second-order valence-corrected chi connectivity index (χ2v) is 2.90. The minimum Gasteiger partial charge on any atom is -0.508 e. The Labute approximate surface area is 79.2 Å². The molecule has 76 valence electrons. The number of hydrogen-bond acceptors (Lipinski definition) is 3. The highest BCUT2D eigenvalue weighted by Gasteiger charge is 2.21. The van der Waals surface area contributed by atoms with Crippen molar-refractivity contribution in [1.29, 1.82) is 0 Å². The van der Waals surface area contributed by atoms with Crippen LogP contribution in [0.2, 0.25) is 0 Å². The third kappa shape index (κ3) is 1.82. The summed E-state index contributed by atoms with van der Waals surface area (Å²) in [4.78, 5) is 10.3. The largest absolute Gasteiger partial charge is 0.508 e. The van der Waals surface area contributed by atoms with E-state index in [2.05, 4.69) is 0 Å². The molecule has 0 bridgehead atoms. The molecule has 4 nitrogen and oxygen atoms in total. The van der Waals surface area contributed by atoms with E-state index in [1.54, 1.807) is 0 Å². The van der Waals surface area contributed by atoms with Gasteiger partial charge in [0, 0.05) is 5.56 Å². The van der Waals surface area contributed by atoms with Crippen molar-refractivity contribution in [2.24, 2.45) is 0 Å². The number of carboxylic acids is 1. The zero-order chi connectivity index (χ0) is 10.9. The molecule has 0 spiro atoms. The molecule has 0 aliphatic carbocycles.